The fraction of sp³-hybridized carbons (Fsp3) is 0.800. The molecule has 0 aromatic carbocycles. The summed E-state index contributed by atoms with van der Waals surface area (Å²) >= 11 is 0. The minimum Gasteiger partial charge on any atom is -0.388 e. The van der Waals surface area contributed by atoms with Crippen LogP contribution in [-0.4, -0.2) is 48.2 Å². The van der Waals surface area contributed by atoms with Crippen LogP contribution in [0.5, 0.6) is 0 Å². The van der Waals surface area contributed by atoms with Gasteiger partial charge in [-0.3, -0.25) is 4.99 Å². The van der Waals surface area contributed by atoms with Crippen molar-refractivity contribution in [2.75, 3.05) is 26.7 Å². The number of allylic oxidation sites excluding steroid dienone is 1. The molecule has 5 heteroatoms. The van der Waals surface area contributed by atoms with Crippen LogP contribution in [0.25, 0.3) is 0 Å². The van der Waals surface area contributed by atoms with Crippen molar-refractivity contribution >= 4 is 29.9 Å². The quantitative estimate of drug-likeness (QED) is 0.207. The van der Waals surface area contributed by atoms with Gasteiger partial charge in [-0.2, -0.15) is 0 Å². The highest BCUT2D eigenvalue weighted by molar-refractivity contribution is 14.0. The zero-order valence-electron chi connectivity index (χ0n) is 13.5. The molecule has 0 aliphatic heterocycles. The molecule has 0 bridgehead atoms. The Labute approximate surface area is 141 Å². The summed E-state index contributed by atoms with van der Waals surface area (Å²) in [6.07, 6.45) is 5.47. The van der Waals surface area contributed by atoms with Crippen LogP contribution in [0.3, 0.4) is 0 Å². The first-order valence-electron chi connectivity index (χ1n) is 7.35. The molecule has 0 aromatic heterocycles. The lowest BCUT2D eigenvalue weighted by atomic mass is 9.98. The van der Waals surface area contributed by atoms with Gasteiger partial charge in [-0.15, -0.1) is 30.6 Å². The van der Waals surface area contributed by atoms with Crippen LogP contribution in [0.1, 0.15) is 46.5 Å². The summed E-state index contributed by atoms with van der Waals surface area (Å²) < 4.78 is 0. The van der Waals surface area contributed by atoms with Crippen LogP contribution in [0, 0.1) is 0 Å². The summed E-state index contributed by atoms with van der Waals surface area (Å²) in [5.41, 5.74) is -0.678. The Hall–Kier alpha value is -0.300. The fourth-order valence-electron chi connectivity index (χ4n) is 1.74. The number of hydrogen-bond donors (Lipinski definition) is 2. The van der Waals surface area contributed by atoms with E-state index in [1.165, 1.54) is 0 Å². The number of nitrogens with zero attached hydrogens (tertiary/aromatic N) is 2. The predicted octanol–water partition coefficient (Wildman–Crippen LogP) is 3.02. The molecule has 0 aliphatic carbocycles. The lowest BCUT2D eigenvalue weighted by Gasteiger charge is -2.26. The molecule has 4 nitrogen and oxygen atoms in total. The molecule has 0 saturated carbocycles. The molecule has 0 spiro atoms. The maximum absolute atomic E-state index is 10.3. The number of halogens is 1. The summed E-state index contributed by atoms with van der Waals surface area (Å²) in [7, 11) is 2.03. The van der Waals surface area contributed by atoms with E-state index < -0.39 is 5.60 Å². The minimum absolute atomic E-state index is 0. The van der Waals surface area contributed by atoms with Crippen molar-refractivity contribution in [3.8, 4) is 0 Å². The van der Waals surface area contributed by atoms with Gasteiger partial charge in [0.25, 0.3) is 0 Å². The highest BCUT2D eigenvalue weighted by Crippen LogP contribution is 2.14. The summed E-state index contributed by atoms with van der Waals surface area (Å²) in [4.78, 5) is 6.67. The van der Waals surface area contributed by atoms with Gasteiger partial charge in [-0.05, 0) is 32.6 Å². The van der Waals surface area contributed by atoms with Crippen molar-refractivity contribution in [2.45, 2.75) is 52.1 Å². The smallest absolute Gasteiger partial charge is 0.193 e. The SMILES string of the molecule is C=CCCCN(C)C(=NCC(O)(CC)CC)NCC.I. The molecule has 0 rings (SSSR count). The molecule has 0 saturated heterocycles. The molecule has 0 amide bonds. The minimum atomic E-state index is -0.678. The number of aliphatic hydroxyl groups is 1. The Morgan fingerprint density at radius 1 is 1.35 bits per heavy atom. The Bertz CT molecular complexity index is 278. The largest absolute Gasteiger partial charge is 0.388 e. The molecular formula is C15H32IN3O. The summed E-state index contributed by atoms with van der Waals surface area (Å²) in [6.45, 7) is 12.0. The summed E-state index contributed by atoms with van der Waals surface area (Å²) in [6, 6.07) is 0. The number of aliphatic imine (C=N–C) groups is 1. The van der Waals surface area contributed by atoms with Crippen molar-refractivity contribution < 1.29 is 5.11 Å². The number of rotatable bonds is 9. The lowest BCUT2D eigenvalue weighted by molar-refractivity contribution is 0.0416. The second-order valence-electron chi connectivity index (χ2n) is 4.95. The molecular weight excluding hydrogens is 365 g/mol. The van der Waals surface area contributed by atoms with Crippen molar-refractivity contribution in [3.63, 3.8) is 0 Å². The maximum atomic E-state index is 10.3. The fourth-order valence-corrected chi connectivity index (χ4v) is 1.74. The van der Waals surface area contributed by atoms with E-state index >= 15 is 0 Å². The normalized spacial score (nSPS) is 11.8. The van der Waals surface area contributed by atoms with Gasteiger partial charge in [-0.25, -0.2) is 0 Å². The topological polar surface area (TPSA) is 47.9 Å². The van der Waals surface area contributed by atoms with Crippen LogP contribution >= 0.6 is 24.0 Å². The molecule has 120 valence electrons. The molecule has 0 atom stereocenters. The van der Waals surface area contributed by atoms with Gasteiger partial charge in [-0.1, -0.05) is 19.9 Å². The van der Waals surface area contributed by atoms with Crippen molar-refractivity contribution in [1.82, 2.24) is 10.2 Å². The monoisotopic (exact) mass is 397 g/mol. The molecule has 0 unspecified atom stereocenters. The standard InChI is InChI=1S/C15H31N3O.HI/c1-6-10-11-12-18(5)14(16-9-4)17-13-15(19,7-2)8-3;/h6,19H,1,7-13H2,2-5H3,(H,16,17);1H. The van der Waals surface area contributed by atoms with E-state index in [1.807, 2.05) is 27.0 Å². The van der Waals surface area contributed by atoms with Crippen LogP contribution in [0.15, 0.2) is 17.6 Å². The van der Waals surface area contributed by atoms with E-state index in [2.05, 4.69) is 28.7 Å². The Morgan fingerprint density at radius 2 is 1.95 bits per heavy atom. The van der Waals surface area contributed by atoms with Crippen LogP contribution in [-0.2, 0) is 0 Å². The summed E-state index contributed by atoms with van der Waals surface area (Å²) in [5.74, 6) is 0.867. The second-order valence-corrected chi connectivity index (χ2v) is 4.95. The first-order chi connectivity index (χ1) is 9.02. The van der Waals surface area contributed by atoms with E-state index in [1.54, 1.807) is 0 Å². The van der Waals surface area contributed by atoms with Gasteiger partial charge in [0, 0.05) is 20.1 Å². The Morgan fingerprint density at radius 3 is 2.40 bits per heavy atom. The molecule has 0 heterocycles. The second kappa shape index (κ2) is 12.4. The van der Waals surface area contributed by atoms with Crippen molar-refractivity contribution in [2.24, 2.45) is 4.99 Å². The first kappa shape index (κ1) is 22.0. The van der Waals surface area contributed by atoms with Crippen LogP contribution in [0.4, 0.5) is 0 Å². The van der Waals surface area contributed by atoms with Gasteiger partial charge in [0.15, 0.2) is 5.96 Å². The molecule has 0 aliphatic rings. The average Bonchev–Trinajstić information content (AvgIpc) is 2.43. The van der Waals surface area contributed by atoms with E-state index in [-0.39, 0.29) is 24.0 Å². The van der Waals surface area contributed by atoms with E-state index in [9.17, 15) is 5.11 Å². The molecule has 20 heavy (non-hydrogen) atoms. The predicted molar refractivity (Wildman–Crippen MR) is 99.0 cm³/mol. The lowest BCUT2D eigenvalue weighted by Crippen LogP contribution is -2.41. The maximum Gasteiger partial charge on any atom is 0.193 e. The molecule has 0 fully saturated rings. The van der Waals surface area contributed by atoms with Crippen molar-refractivity contribution in [3.05, 3.63) is 12.7 Å². The van der Waals surface area contributed by atoms with Crippen molar-refractivity contribution in [1.29, 1.82) is 0 Å². The van der Waals surface area contributed by atoms with Gasteiger partial charge in [0.2, 0.25) is 0 Å². The zero-order chi connectivity index (χ0) is 14.7. The number of guanidine groups is 1. The first-order valence-corrected chi connectivity index (χ1v) is 7.35. The third-order valence-electron chi connectivity index (χ3n) is 3.44. The highest BCUT2D eigenvalue weighted by Gasteiger charge is 2.22. The van der Waals surface area contributed by atoms with E-state index in [4.69, 9.17) is 0 Å². The number of unbranched alkanes of at least 4 members (excludes halogenated alkanes) is 1. The summed E-state index contributed by atoms with van der Waals surface area (Å²) in [5, 5.41) is 13.5. The van der Waals surface area contributed by atoms with Gasteiger partial charge >= 0.3 is 0 Å². The van der Waals surface area contributed by atoms with Crippen LogP contribution in [0.2, 0.25) is 0 Å². The zero-order valence-corrected chi connectivity index (χ0v) is 15.8. The molecule has 2 N–H and O–H groups in total. The molecule has 0 radical (unpaired) electrons. The Kier molecular flexibility index (Phi) is 13.7. The third-order valence-corrected chi connectivity index (χ3v) is 3.44. The van der Waals surface area contributed by atoms with Crippen LogP contribution < -0.4 is 5.32 Å². The van der Waals surface area contributed by atoms with Gasteiger partial charge in [0.1, 0.15) is 0 Å². The van der Waals surface area contributed by atoms with Gasteiger partial charge in [0.05, 0.1) is 12.1 Å². The highest BCUT2D eigenvalue weighted by atomic mass is 127. The third kappa shape index (κ3) is 8.79. The molecule has 0 aromatic rings. The number of hydrogen-bond acceptors (Lipinski definition) is 2. The van der Waals surface area contributed by atoms with E-state index in [0.29, 0.717) is 6.54 Å². The number of nitrogens with one attached hydrogen (secondary N) is 1. The van der Waals surface area contributed by atoms with E-state index in [0.717, 1.165) is 44.7 Å². The Balaban J connectivity index is 0. The average molecular weight is 397 g/mol. The van der Waals surface area contributed by atoms with Gasteiger partial charge < -0.3 is 15.3 Å².